The Labute approximate surface area is 130 Å². The fraction of sp³-hybridized carbons (Fsp3) is 0.0667. The first-order valence-electron chi connectivity index (χ1n) is 6.28. The van der Waals surface area contributed by atoms with Gasteiger partial charge in [-0.3, -0.25) is 4.99 Å². The molecule has 0 atom stereocenters. The molecule has 0 radical (unpaired) electrons. The number of aromatic nitrogens is 1. The summed E-state index contributed by atoms with van der Waals surface area (Å²) in [6, 6.07) is 11.0. The lowest BCUT2D eigenvalue weighted by Gasteiger charge is -2.00. The van der Waals surface area contributed by atoms with Crippen molar-refractivity contribution in [3.05, 3.63) is 57.5 Å². The molecule has 1 aromatic carbocycles. The lowest BCUT2D eigenvalue weighted by molar-refractivity contribution is 0.475. The molecule has 0 aliphatic heterocycles. The molecule has 3 aromatic rings. The first kappa shape index (κ1) is 13.8. The predicted octanol–water partition coefficient (Wildman–Crippen LogP) is 3.40. The zero-order valence-corrected chi connectivity index (χ0v) is 12.9. The molecule has 2 heterocycles. The summed E-state index contributed by atoms with van der Waals surface area (Å²) in [4.78, 5) is 6.26. The highest BCUT2D eigenvalue weighted by molar-refractivity contribution is 7.14. The third-order valence-electron chi connectivity index (χ3n) is 2.87. The van der Waals surface area contributed by atoms with Crippen LogP contribution < -0.4 is 4.80 Å². The first-order chi connectivity index (χ1) is 10.3. The molecule has 0 unspecified atom stereocenters. The Morgan fingerprint density at radius 1 is 1.14 bits per heavy atom. The van der Waals surface area contributed by atoms with Gasteiger partial charge in [-0.15, -0.1) is 22.7 Å². The molecule has 106 valence electrons. The van der Waals surface area contributed by atoms with Crippen LogP contribution in [-0.2, 0) is 0 Å². The van der Waals surface area contributed by atoms with Crippen LogP contribution in [0.25, 0.3) is 10.6 Å². The number of nitrogens with zero attached hydrogens (tertiary/aromatic N) is 3. The summed E-state index contributed by atoms with van der Waals surface area (Å²) in [5, 5.41) is 17.9. The van der Waals surface area contributed by atoms with Crippen molar-refractivity contribution in [2.24, 2.45) is 10.1 Å². The zero-order chi connectivity index (χ0) is 14.7. The van der Waals surface area contributed by atoms with E-state index in [0.29, 0.717) is 0 Å². The van der Waals surface area contributed by atoms with E-state index in [4.69, 9.17) is 0 Å². The second-order valence-electron chi connectivity index (χ2n) is 4.25. The Morgan fingerprint density at radius 2 is 1.95 bits per heavy atom. The fourth-order valence-electron chi connectivity index (χ4n) is 1.84. The summed E-state index contributed by atoms with van der Waals surface area (Å²) in [6.45, 7) is 0. The number of thiazole rings is 1. The number of hydrogen-bond acceptors (Lipinski definition) is 5. The molecule has 0 aliphatic carbocycles. The molecule has 2 aromatic heterocycles. The van der Waals surface area contributed by atoms with Crippen molar-refractivity contribution in [1.82, 2.24) is 4.68 Å². The minimum Gasteiger partial charge on any atom is -0.508 e. The highest BCUT2D eigenvalue weighted by Gasteiger charge is 2.07. The van der Waals surface area contributed by atoms with Crippen molar-refractivity contribution in [3.63, 3.8) is 0 Å². The molecule has 0 spiro atoms. The molecule has 21 heavy (non-hydrogen) atoms. The Balaban J connectivity index is 2.01. The highest BCUT2D eigenvalue weighted by Crippen LogP contribution is 2.25. The van der Waals surface area contributed by atoms with Crippen LogP contribution in [0.2, 0.25) is 0 Å². The lowest BCUT2D eigenvalue weighted by atomic mass is 10.2. The monoisotopic (exact) mass is 315 g/mol. The average Bonchev–Trinajstić information content (AvgIpc) is 3.15. The van der Waals surface area contributed by atoms with E-state index in [-0.39, 0.29) is 5.75 Å². The summed E-state index contributed by atoms with van der Waals surface area (Å²) in [5.74, 6) is 0.249. The van der Waals surface area contributed by atoms with Gasteiger partial charge in [-0.2, -0.15) is 5.10 Å². The van der Waals surface area contributed by atoms with E-state index >= 15 is 0 Å². The molecule has 4 nitrogen and oxygen atoms in total. The van der Waals surface area contributed by atoms with Gasteiger partial charge in [0.2, 0.25) is 4.80 Å². The molecule has 0 aliphatic rings. The van der Waals surface area contributed by atoms with Crippen molar-refractivity contribution < 1.29 is 5.11 Å². The van der Waals surface area contributed by atoms with E-state index in [1.165, 1.54) is 0 Å². The Kier molecular flexibility index (Phi) is 3.98. The summed E-state index contributed by atoms with van der Waals surface area (Å²) < 4.78 is 1.84. The van der Waals surface area contributed by atoms with Crippen molar-refractivity contribution in [2.45, 2.75) is 0 Å². The molecule has 0 saturated carbocycles. The normalized spacial score (nSPS) is 12.3. The topological polar surface area (TPSA) is 49.9 Å². The highest BCUT2D eigenvalue weighted by atomic mass is 32.1. The Hall–Kier alpha value is -2.18. The minimum absolute atomic E-state index is 0.249. The molecule has 6 heteroatoms. The summed E-state index contributed by atoms with van der Waals surface area (Å²) in [6.07, 6.45) is 1.76. The van der Waals surface area contributed by atoms with E-state index in [2.05, 4.69) is 21.5 Å². The molecule has 3 rings (SSSR count). The molecule has 0 bridgehead atoms. The van der Waals surface area contributed by atoms with Crippen LogP contribution in [0.15, 0.2) is 57.3 Å². The van der Waals surface area contributed by atoms with Gasteiger partial charge in [0.05, 0.1) is 16.8 Å². The van der Waals surface area contributed by atoms with Gasteiger partial charge < -0.3 is 5.11 Å². The lowest BCUT2D eigenvalue weighted by Crippen LogP contribution is -2.11. The van der Waals surface area contributed by atoms with Gasteiger partial charge in [-0.1, -0.05) is 6.07 Å². The maximum Gasteiger partial charge on any atom is 0.205 e. The Bertz CT molecular complexity index is 811. The van der Waals surface area contributed by atoms with Crippen LogP contribution in [0.1, 0.15) is 5.56 Å². The number of hydrogen-bond donors (Lipinski definition) is 1. The maximum atomic E-state index is 9.30. The van der Waals surface area contributed by atoms with Crippen LogP contribution >= 0.6 is 22.7 Å². The van der Waals surface area contributed by atoms with Gasteiger partial charge >= 0.3 is 0 Å². The number of aromatic hydroxyl groups is 1. The predicted molar refractivity (Wildman–Crippen MR) is 88.2 cm³/mol. The minimum atomic E-state index is 0.249. The first-order valence-corrected chi connectivity index (χ1v) is 8.04. The standard InChI is InChI=1S/C15H13N3OS2/c1-16-15-18(13(10-21-15)14-3-2-8-20-14)17-9-11-4-6-12(19)7-5-11/h2-10,19H,1H3. The quantitative estimate of drug-likeness (QED) is 0.740. The van der Waals surface area contributed by atoms with Crippen LogP contribution in [-0.4, -0.2) is 23.0 Å². The number of phenolic OH excluding ortho intramolecular Hbond substituents is 1. The van der Waals surface area contributed by atoms with Crippen molar-refractivity contribution in [3.8, 4) is 16.3 Å². The summed E-state index contributed by atoms with van der Waals surface area (Å²) in [7, 11) is 1.76. The molecule has 0 fully saturated rings. The summed E-state index contributed by atoms with van der Waals surface area (Å²) >= 11 is 3.24. The third-order valence-corrected chi connectivity index (χ3v) is 4.67. The maximum absolute atomic E-state index is 9.30. The fourth-order valence-corrected chi connectivity index (χ4v) is 3.44. The summed E-state index contributed by atoms with van der Waals surface area (Å²) in [5.41, 5.74) is 1.95. The largest absolute Gasteiger partial charge is 0.508 e. The number of benzene rings is 1. The molecule has 1 N–H and O–H groups in total. The Morgan fingerprint density at radius 3 is 2.62 bits per heavy atom. The second kappa shape index (κ2) is 6.07. The van der Waals surface area contributed by atoms with Crippen LogP contribution in [0.4, 0.5) is 0 Å². The molecular formula is C15H13N3OS2. The number of thiophene rings is 1. The van der Waals surface area contributed by atoms with Gasteiger partial charge in [0.15, 0.2) is 0 Å². The van der Waals surface area contributed by atoms with Gasteiger partial charge in [0.25, 0.3) is 0 Å². The van der Waals surface area contributed by atoms with E-state index in [9.17, 15) is 5.11 Å². The second-order valence-corrected chi connectivity index (χ2v) is 6.04. The van der Waals surface area contributed by atoms with Gasteiger partial charge in [-0.25, -0.2) is 4.68 Å². The van der Waals surface area contributed by atoms with Crippen LogP contribution in [0.3, 0.4) is 0 Å². The van der Waals surface area contributed by atoms with Crippen molar-refractivity contribution in [2.75, 3.05) is 7.05 Å². The zero-order valence-electron chi connectivity index (χ0n) is 11.3. The molecule has 0 saturated heterocycles. The van der Waals surface area contributed by atoms with E-state index in [0.717, 1.165) is 20.9 Å². The van der Waals surface area contributed by atoms with Crippen molar-refractivity contribution >= 4 is 28.9 Å². The van der Waals surface area contributed by atoms with E-state index < -0.39 is 0 Å². The van der Waals surface area contributed by atoms with Gasteiger partial charge in [0.1, 0.15) is 5.75 Å². The number of rotatable bonds is 3. The molecule has 0 amide bonds. The van der Waals surface area contributed by atoms with E-state index in [1.54, 1.807) is 48.1 Å². The smallest absolute Gasteiger partial charge is 0.205 e. The van der Waals surface area contributed by atoms with Gasteiger partial charge in [-0.05, 0) is 41.3 Å². The SMILES string of the molecule is CN=c1scc(-c2cccs2)n1N=Cc1ccc(O)cc1. The van der Waals surface area contributed by atoms with Gasteiger partial charge in [0, 0.05) is 12.4 Å². The van der Waals surface area contributed by atoms with E-state index in [1.807, 2.05) is 28.3 Å². The number of phenols is 1. The van der Waals surface area contributed by atoms with Crippen LogP contribution in [0.5, 0.6) is 5.75 Å². The third kappa shape index (κ3) is 2.96. The molecular weight excluding hydrogens is 302 g/mol. The van der Waals surface area contributed by atoms with Crippen molar-refractivity contribution in [1.29, 1.82) is 0 Å². The van der Waals surface area contributed by atoms with Crippen LogP contribution in [0, 0.1) is 0 Å². The average molecular weight is 315 g/mol.